The lowest BCUT2D eigenvalue weighted by Crippen LogP contribution is -2.27. The van der Waals surface area contributed by atoms with Crippen molar-refractivity contribution in [3.05, 3.63) is 22.2 Å². The third-order valence-corrected chi connectivity index (χ3v) is 4.39. The summed E-state index contributed by atoms with van der Waals surface area (Å²) in [7, 11) is 0. The Hall–Kier alpha value is -0.480. The normalized spacial score (nSPS) is 19.0. The van der Waals surface area contributed by atoms with E-state index in [1.165, 1.54) is 16.1 Å². The molecule has 15 heavy (non-hydrogen) atoms. The Bertz CT molecular complexity index is 446. The van der Waals surface area contributed by atoms with Crippen molar-refractivity contribution in [2.24, 2.45) is 0 Å². The van der Waals surface area contributed by atoms with E-state index in [-0.39, 0.29) is 5.91 Å². The minimum absolute atomic E-state index is 0.256. The van der Waals surface area contributed by atoms with Crippen molar-refractivity contribution in [3.63, 3.8) is 0 Å². The van der Waals surface area contributed by atoms with Gasteiger partial charge < -0.3 is 4.90 Å². The van der Waals surface area contributed by atoms with Gasteiger partial charge in [-0.1, -0.05) is 15.9 Å². The minimum atomic E-state index is 0.256. The number of benzene rings is 1. The molecule has 2 aliphatic rings. The average molecular weight is 284 g/mol. The molecule has 0 bridgehead atoms. The van der Waals surface area contributed by atoms with Crippen molar-refractivity contribution >= 4 is 39.3 Å². The van der Waals surface area contributed by atoms with E-state index in [2.05, 4.69) is 28.1 Å². The Labute approximate surface area is 101 Å². The Kier molecular flexibility index (Phi) is 2.29. The summed E-state index contributed by atoms with van der Waals surface area (Å²) in [6, 6.07) is 4.20. The van der Waals surface area contributed by atoms with Crippen LogP contribution < -0.4 is 4.90 Å². The van der Waals surface area contributed by atoms with Crippen LogP contribution in [0.1, 0.15) is 12.0 Å². The Balaban J connectivity index is 2.22. The molecule has 2 aliphatic heterocycles. The highest BCUT2D eigenvalue weighted by Crippen LogP contribution is 2.42. The molecule has 0 radical (unpaired) electrons. The molecule has 3 rings (SSSR count). The molecule has 0 aliphatic carbocycles. The van der Waals surface area contributed by atoms with E-state index in [4.69, 9.17) is 0 Å². The van der Waals surface area contributed by atoms with Crippen LogP contribution in [-0.4, -0.2) is 18.2 Å². The summed E-state index contributed by atoms with van der Waals surface area (Å²) in [5.74, 6) is 1.36. The predicted molar refractivity (Wildman–Crippen MR) is 65.5 cm³/mol. The molecule has 4 heteroatoms. The number of nitrogens with zero attached hydrogens (tertiary/aromatic N) is 1. The maximum absolute atomic E-state index is 11.8. The molecule has 2 heterocycles. The van der Waals surface area contributed by atoms with Crippen molar-refractivity contribution in [1.29, 1.82) is 0 Å². The smallest absolute Gasteiger partial charge is 0.231 e. The zero-order valence-corrected chi connectivity index (χ0v) is 10.5. The first-order valence-electron chi connectivity index (χ1n) is 5.01. The lowest BCUT2D eigenvalue weighted by molar-refractivity contribution is -0.117. The Morgan fingerprint density at radius 1 is 1.40 bits per heavy atom. The standard InChI is InChI=1S/C11H10BrNOS/c12-8-4-7-5-10(14)13-2-1-3-15-9(6-8)11(7)13/h4,6H,1-3,5H2. The molecular formula is C11H10BrNOS. The second kappa shape index (κ2) is 3.52. The second-order valence-corrected chi connectivity index (χ2v) is 5.89. The SMILES string of the molecule is O=C1Cc2cc(Br)cc3c2N1CCCS3. The van der Waals surface area contributed by atoms with Crippen molar-refractivity contribution < 1.29 is 4.79 Å². The fraction of sp³-hybridized carbons (Fsp3) is 0.364. The third kappa shape index (κ3) is 1.51. The van der Waals surface area contributed by atoms with Gasteiger partial charge in [0.25, 0.3) is 0 Å². The van der Waals surface area contributed by atoms with Crippen molar-refractivity contribution in [3.8, 4) is 0 Å². The number of anilines is 1. The van der Waals surface area contributed by atoms with Gasteiger partial charge in [-0.15, -0.1) is 11.8 Å². The number of amides is 1. The van der Waals surface area contributed by atoms with Crippen molar-refractivity contribution in [2.75, 3.05) is 17.2 Å². The van der Waals surface area contributed by atoms with Crippen LogP contribution in [0.25, 0.3) is 0 Å². The number of hydrogen-bond acceptors (Lipinski definition) is 2. The molecule has 0 fully saturated rings. The lowest BCUT2D eigenvalue weighted by Gasteiger charge is -2.16. The largest absolute Gasteiger partial charge is 0.311 e. The second-order valence-electron chi connectivity index (χ2n) is 3.84. The van der Waals surface area contributed by atoms with Gasteiger partial charge in [-0.3, -0.25) is 4.79 Å². The summed E-state index contributed by atoms with van der Waals surface area (Å²) in [4.78, 5) is 15.0. The number of halogens is 1. The van der Waals surface area contributed by atoms with Crippen LogP contribution in [0.3, 0.4) is 0 Å². The first kappa shape index (κ1) is 9.73. The van der Waals surface area contributed by atoms with Crippen LogP contribution in [0.2, 0.25) is 0 Å². The highest BCUT2D eigenvalue weighted by molar-refractivity contribution is 9.10. The van der Waals surface area contributed by atoms with Gasteiger partial charge in [0.15, 0.2) is 0 Å². The van der Waals surface area contributed by atoms with E-state index in [0.29, 0.717) is 6.42 Å². The Morgan fingerprint density at radius 2 is 2.27 bits per heavy atom. The number of hydrogen-bond donors (Lipinski definition) is 0. The van der Waals surface area contributed by atoms with Gasteiger partial charge in [0.05, 0.1) is 12.1 Å². The average Bonchev–Trinajstić information content (AvgIpc) is 2.39. The van der Waals surface area contributed by atoms with Crippen LogP contribution in [0.4, 0.5) is 5.69 Å². The first-order valence-corrected chi connectivity index (χ1v) is 6.79. The van der Waals surface area contributed by atoms with Crippen LogP contribution in [0.15, 0.2) is 21.5 Å². The van der Waals surface area contributed by atoms with Gasteiger partial charge in [-0.05, 0) is 29.9 Å². The van der Waals surface area contributed by atoms with Gasteiger partial charge in [0.1, 0.15) is 0 Å². The van der Waals surface area contributed by atoms with Gasteiger partial charge in [0.2, 0.25) is 5.91 Å². The maximum atomic E-state index is 11.8. The summed E-state index contributed by atoms with van der Waals surface area (Å²) in [5, 5.41) is 0. The lowest BCUT2D eigenvalue weighted by atomic mass is 10.2. The van der Waals surface area contributed by atoms with Gasteiger partial charge in [-0.25, -0.2) is 0 Å². The monoisotopic (exact) mass is 283 g/mol. The molecule has 2 nitrogen and oxygen atoms in total. The van der Waals surface area contributed by atoms with E-state index < -0.39 is 0 Å². The molecule has 0 atom stereocenters. The summed E-state index contributed by atoms with van der Waals surface area (Å²) < 4.78 is 1.08. The minimum Gasteiger partial charge on any atom is -0.311 e. The number of carbonyl (C=O) groups excluding carboxylic acids is 1. The van der Waals surface area contributed by atoms with Crippen LogP contribution >= 0.6 is 27.7 Å². The summed E-state index contributed by atoms with van der Waals surface area (Å²) in [6.45, 7) is 0.882. The Morgan fingerprint density at radius 3 is 3.13 bits per heavy atom. The van der Waals surface area contributed by atoms with E-state index >= 15 is 0 Å². The maximum Gasteiger partial charge on any atom is 0.231 e. The molecule has 1 amide bonds. The zero-order chi connectivity index (χ0) is 10.4. The molecule has 0 aromatic heterocycles. The predicted octanol–water partition coefficient (Wildman–Crippen LogP) is 2.83. The van der Waals surface area contributed by atoms with Gasteiger partial charge in [0, 0.05) is 15.9 Å². The first-order chi connectivity index (χ1) is 7.25. The fourth-order valence-electron chi connectivity index (χ4n) is 2.20. The van der Waals surface area contributed by atoms with Gasteiger partial charge in [-0.2, -0.15) is 0 Å². The van der Waals surface area contributed by atoms with E-state index in [0.717, 1.165) is 23.2 Å². The van der Waals surface area contributed by atoms with E-state index in [1.54, 1.807) is 0 Å². The number of thioether (sulfide) groups is 1. The quantitative estimate of drug-likeness (QED) is 0.730. The molecule has 78 valence electrons. The highest BCUT2D eigenvalue weighted by atomic mass is 79.9. The number of carbonyl (C=O) groups is 1. The van der Waals surface area contributed by atoms with E-state index in [9.17, 15) is 4.79 Å². The van der Waals surface area contributed by atoms with E-state index in [1.807, 2.05) is 16.7 Å². The highest BCUT2D eigenvalue weighted by Gasteiger charge is 2.31. The molecular weight excluding hydrogens is 274 g/mol. The molecule has 1 aromatic carbocycles. The molecule has 0 spiro atoms. The van der Waals surface area contributed by atoms with Gasteiger partial charge >= 0.3 is 0 Å². The van der Waals surface area contributed by atoms with Crippen LogP contribution in [0, 0.1) is 0 Å². The molecule has 0 saturated heterocycles. The fourth-order valence-corrected chi connectivity index (χ4v) is 3.94. The zero-order valence-electron chi connectivity index (χ0n) is 8.12. The van der Waals surface area contributed by atoms with Crippen LogP contribution in [0.5, 0.6) is 0 Å². The molecule has 1 aromatic rings. The summed E-state index contributed by atoms with van der Waals surface area (Å²) >= 11 is 5.36. The van der Waals surface area contributed by atoms with Crippen molar-refractivity contribution in [1.82, 2.24) is 0 Å². The molecule has 0 unspecified atom stereocenters. The van der Waals surface area contributed by atoms with Crippen LogP contribution in [-0.2, 0) is 11.2 Å². The number of rotatable bonds is 0. The topological polar surface area (TPSA) is 20.3 Å². The molecule has 0 saturated carbocycles. The summed E-state index contributed by atoms with van der Waals surface area (Å²) in [6.07, 6.45) is 1.66. The molecule has 0 N–H and O–H groups in total. The summed E-state index contributed by atoms with van der Waals surface area (Å²) in [5.41, 5.74) is 2.35. The van der Waals surface area contributed by atoms with Crippen molar-refractivity contribution in [2.45, 2.75) is 17.7 Å². The third-order valence-electron chi connectivity index (χ3n) is 2.81.